The summed E-state index contributed by atoms with van der Waals surface area (Å²) in [7, 11) is 0. The third kappa shape index (κ3) is 3.97. The van der Waals surface area contributed by atoms with Gasteiger partial charge in [-0.05, 0) is 49.7 Å². The highest BCUT2D eigenvalue weighted by molar-refractivity contribution is 7.17. The Kier molecular flexibility index (Phi) is 6.15. The summed E-state index contributed by atoms with van der Waals surface area (Å²) in [5, 5.41) is 11.4. The van der Waals surface area contributed by atoms with E-state index in [1.54, 1.807) is 44.2 Å². The second kappa shape index (κ2) is 9.42. The second-order valence-electron chi connectivity index (χ2n) is 7.94. The Hall–Kier alpha value is -4.25. The number of esters is 1. The van der Waals surface area contributed by atoms with Gasteiger partial charge in [0.2, 0.25) is 0 Å². The summed E-state index contributed by atoms with van der Waals surface area (Å²) in [4.78, 5) is 48.8. The van der Waals surface area contributed by atoms with E-state index in [4.69, 9.17) is 14.2 Å². The van der Waals surface area contributed by atoms with Crippen molar-refractivity contribution < 1.29 is 33.7 Å². The Morgan fingerprint density at radius 1 is 1.17 bits per heavy atom. The maximum absolute atomic E-state index is 13.3. The van der Waals surface area contributed by atoms with E-state index in [9.17, 15) is 19.5 Å². The maximum atomic E-state index is 13.3. The Bertz CT molecular complexity index is 1400. The topological polar surface area (TPSA) is 128 Å². The number of rotatable bonds is 5. The van der Waals surface area contributed by atoms with Crippen LogP contribution in [0, 0.1) is 6.92 Å². The number of aliphatic hydroxyl groups is 1. The average Bonchev–Trinajstić information content (AvgIpc) is 3.40. The van der Waals surface area contributed by atoms with Crippen molar-refractivity contribution in [1.82, 2.24) is 9.97 Å². The number of carbonyl (C=O) groups excluding carboxylic acids is 3. The van der Waals surface area contributed by atoms with Crippen LogP contribution in [0.15, 0.2) is 48.3 Å². The molecule has 0 aliphatic carbocycles. The zero-order chi connectivity index (χ0) is 25.4. The first-order valence-corrected chi connectivity index (χ1v) is 12.0. The van der Waals surface area contributed by atoms with Gasteiger partial charge in [0, 0.05) is 18.0 Å². The monoisotopic (exact) mass is 507 g/mol. The number of Topliss-reactive ketones (excluding diaryl/α,β-unsaturated/α-hetero) is 1. The normalized spacial score (nSPS) is 18.4. The van der Waals surface area contributed by atoms with Crippen LogP contribution < -0.4 is 14.4 Å². The first kappa shape index (κ1) is 23.5. The minimum absolute atomic E-state index is 0.117. The first-order valence-electron chi connectivity index (χ1n) is 11.2. The van der Waals surface area contributed by atoms with Gasteiger partial charge in [-0.3, -0.25) is 19.5 Å². The number of aryl methyl sites for hydroxylation is 1. The lowest BCUT2D eigenvalue weighted by molar-refractivity contribution is -0.132. The molecule has 1 saturated heterocycles. The molecule has 0 bridgehead atoms. The maximum Gasteiger partial charge on any atom is 0.350 e. The molecule has 5 rings (SSSR count). The molecule has 1 aromatic carbocycles. The summed E-state index contributed by atoms with van der Waals surface area (Å²) in [6.45, 7) is 4.26. The van der Waals surface area contributed by atoms with E-state index in [0.717, 1.165) is 11.3 Å². The van der Waals surface area contributed by atoms with Crippen molar-refractivity contribution in [2.24, 2.45) is 0 Å². The number of hydrogen-bond acceptors (Lipinski definition) is 10. The fourth-order valence-corrected chi connectivity index (χ4v) is 5.10. The molecule has 0 radical (unpaired) electrons. The second-order valence-corrected chi connectivity index (χ2v) is 8.92. The molecule has 184 valence electrons. The summed E-state index contributed by atoms with van der Waals surface area (Å²) in [5.74, 6) is -1.74. The van der Waals surface area contributed by atoms with Gasteiger partial charge in [-0.2, -0.15) is 0 Å². The van der Waals surface area contributed by atoms with Crippen LogP contribution in [0.3, 0.4) is 0 Å². The first-order chi connectivity index (χ1) is 17.4. The van der Waals surface area contributed by atoms with Crippen LogP contribution >= 0.6 is 11.3 Å². The van der Waals surface area contributed by atoms with Crippen molar-refractivity contribution >= 4 is 39.9 Å². The van der Waals surface area contributed by atoms with Gasteiger partial charge >= 0.3 is 11.9 Å². The van der Waals surface area contributed by atoms with Crippen LogP contribution in [0.25, 0.3) is 5.76 Å². The smallest absolute Gasteiger partial charge is 0.350 e. The molecule has 11 heteroatoms. The molecule has 2 aliphatic heterocycles. The number of thiazole rings is 1. The summed E-state index contributed by atoms with van der Waals surface area (Å²) < 4.78 is 16.2. The van der Waals surface area contributed by atoms with E-state index in [2.05, 4.69) is 9.97 Å². The molecular weight excluding hydrogens is 486 g/mol. The van der Waals surface area contributed by atoms with Gasteiger partial charge in [-0.25, -0.2) is 9.78 Å². The summed E-state index contributed by atoms with van der Waals surface area (Å²) in [6.07, 6.45) is 3.05. The third-order valence-corrected chi connectivity index (χ3v) is 6.87. The van der Waals surface area contributed by atoms with Crippen LogP contribution in [-0.4, -0.2) is 52.6 Å². The van der Waals surface area contributed by atoms with Gasteiger partial charge < -0.3 is 19.3 Å². The lowest BCUT2D eigenvalue weighted by Crippen LogP contribution is -2.29. The number of ether oxygens (including phenoxy) is 3. The van der Waals surface area contributed by atoms with Crippen LogP contribution in [0.2, 0.25) is 0 Å². The predicted molar refractivity (Wildman–Crippen MR) is 129 cm³/mol. The van der Waals surface area contributed by atoms with Crippen LogP contribution in [0.1, 0.15) is 39.5 Å². The largest absolute Gasteiger partial charge is 0.507 e. The highest BCUT2D eigenvalue weighted by atomic mass is 32.1. The number of aromatic nitrogens is 2. The number of carbonyl (C=O) groups is 3. The van der Waals surface area contributed by atoms with Crippen molar-refractivity contribution in [2.75, 3.05) is 24.7 Å². The third-order valence-electron chi connectivity index (χ3n) is 5.73. The van der Waals surface area contributed by atoms with E-state index >= 15 is 0 Å². The number of aliphatic hydroxyl groups excluding tert-OH is 1. The average molecular weight is 508 g/mol. The van der Waals surface area contributed by atoms with Gasteiger partial charge in [0.15, 0.2) is 16.6 Å². The molecule has 2 aliphatic rings. The zero-order valence-corrected chi connectivity index (χ0v) is 20.2. The van der Waals surface area contributed by atoms with E-state index < -0.39 is 23.7 Å². The van der Waals surface area contributed by atoms with Crippen molar-refractivity contribution in [3.8, 4) is 11.5 Å². The molecule has 4 heterocycles. The van der Waals surface area contributed by atoms with Crippen molar-refractivity contribution in [1.29, 1.82) is 0 Å². The molecule has 10 nitrogen and oxygen atoms in total. The van der Waals surface area contributed by atoms with Crippen molar-refractivity contribution in [3.05, 3.63) is 70.0 Å². The molecular formula is C25H21N3O7S. The van der Waals surface area contributed by atoms with Gasteiger partial charge in [0.25, 0.3) is 5.78 Å². The Morgan fingerprint density at radius 3 is 2.61 bits per heavy atom. The van der Waals surface area contributed by atoms with Gasteiger partial charge in [0.1, 0.15) is 23.9 Å². The minimum Gasteiger partial charge on any atom is -0.507 e. The lowest BCUT2D eigenvalue weighted by atomic mass is 9.96. The summed E-state index contributed by atoms with van der Waals surface area (Å²) >= 11 is 0.948. The highest BCUT2D eigenvalue weighted by Crippen LogP contribution is 2.44. The Balaban J connectivity index is 1.65. The number of ketones is 1. The quantitative estimate of drug-likeness (QED) is 0.239. The number of pyridine rings is 1. The summed E-state index contributed by atoms with van der Waals surface area (Å²) in [5.41, 5.74) is 1.08. The molecule has 2 aromatic heterocycles. The molecule has 1 N–H and O–H groups in total. The number of fused-ring (bicyclic) bond motifs is 1. The van der Waals surface area contributed by atoms with Gasteiger partial charge in [-0.15, -0.1) is 0 Å². The molecule has 1 amide bonds. The molecule has 1 atom stereocenters. The van der Waals surface area contributed by atoms with E-state index in [-0.39, 0.29) is 27.9 Å². The molecule has 1 fully saturated rings. The Morgan fingerprint density at radius 2 is 1.89 bits per heavy atom. The van der Waals surface area contributed by atoms with Crippen LogP contribution in [0.5, 0.6) is 11.5 Å². The number of nitrogens with zero attached hydrogens (tertiary/aromatic N) is 3. The van der Waals surface area contributed by atoms with Gasteiger partial charge in [-0.1, -0.05) is 11.3 Å². The SMILES string of the molecule is CCOC(=O)c1sc(N2C(=O)C(=O)C(=C(O)c3ccc4c(c3)OCCO4)C2c2ccncc2)nc1C. The standard InChI is InChI=1S/C25H21N3O7S/c1-3-33-24(32)22-13(2)27-25(36-22)28-19(14-6-8-26-9-7-14)18(21(30)23(28)31)20(29)15-4-5-16-17(12-15)35-11-10-34-16/h4-9,12,19,29H,3,10-11H2,1-2H3. The number of hydrogen-bond donors (Lipinski definition) is 1. The van der Waals surface area contributed by atoms with E-state index in [0.29, 0.717) is 41.5 Å². The van der Waals surface area contributed by atoms with Crippen molar-refractivity contribution in [2.45, 2.75) is 19.9 Å². The van der Waals surface area contributed by atoms with Crippen LogP contribution in [0.4, 0.5) is 5.13 Å². The molecule has 0 spiro atoms. The van der Waals surface area contributed by atoms with Gasteiger partial charge in [0.05, 0.1) is 23.9 Å². The fraction of sp³-hybridized carbons (Fsp3) is 0.240. The van der Waals surface area contributed by atoms with E-state index in [1.165, 1.54) is 17.3 Å². The lowest BCUT2D eigenvalue weighted by Gasteiger charge is -2.23. The molecule has 0 saturated carbocycles. The van der Waals surface area contributed by atoms with Crippen LogP contribution in [-0.2, 0) is 14.3 Å². The minimum atomic E-state index is -0.998. The number of benzene rings is 1. The van der Waals surface area contributed by atoms with E-state index in [1.807, 2.05) is 0 Å². The van der Waals surface area contributed by atoms with Crippen molar-refractivity contribution in [3.63, 3.8) is 0 Å². The predicted octanol–water partition coefficient (Wildman–Crippen LogP) is 3.42. The zero-order valence-electron chi connectivity index (χ0n) is 19.4. The Labute approximate surface area is 209 Å². The molecule has 3 aromatic rings. The highest BCUT2D eigenvalue weighted by Gasteiger charge is 2.48. The number of anilines is 1. The summed E-state index contributed by atoms with van der Waals surface area (Å²) in [6, 6.07) is 7.08. The molecule has 1 unspecified atom stereocenters. The fourth-order valence-electron chi connectivity index (χ4n) is 4.11. The number of amides is 1. The molecule has 36 heavy (non-hydrogen) atoms.